The zero-order valence-corrected chi connectivity index (χ0v) is 26.5. The van der Waals surface area contributed by atoms with Gasteiger partial charge in [0.15, 0.2) is 17.5 Å². The minimum Gasteiger partial charge on any atom is -0.456 e. The van der Waals surface area contributed by atoms with E-state index in [4.69, 9.17) is 19.4 Å². The lowest BCUT2D eigenvalue weighted by Gasteiger charge is -2.30. The first-order valence-electron chi connectivity index (χ1n) is 16.7. The molecule has 2 heterocycles. The van der Waals surface area contributed by atoms with Crippen LogP contribution in [0.25, 0.3) is 78.0 Å². The lowest BCUT2D eigenvalue weighted by Crippen LogP contribution is -2.13. The molecule has 0 saturated carbocycles. The maximum atomic E-state index is 6.80. The molecule has 7 aromatic carbocycles. The van der Waals surface area contributed by atoms with E-state index < -0.39 is 0 Å². The van der Waals surface area contributed by atoms with Gasteiger partial charge in [0, 0.05) is 38.9 Å². The molecule has 1 unspecified atom stereocenters. The molecular weight excluding hydrogens is 599 g/mol. The van der Waals surface area contributed by atoms with Crippen LogP contribution in [0, 0.1) is 0 Å². The van der Waals surface area contributed by atoms with Crippen LogP contribution in [-0.2, 0) is 6.42 Å². The maximum absolute atomic E-state index is 6.80. The molecule has 0 fully saturated rings. The molecule has 4 nitrogen and oxygen atoms in total. The average Bonchev–Trinajstić information content (AvgIpc) is 3.58. The Morgan fingerprint density at radius 2 is 1.00 bits per heavy atom. The van der Waals surface area contributed by atoms with Gasteiger partial charge in [-0.3, -0.25) is 0 Å². The molecule has 4 heteroatoms. The van der Waals surface area contributed by atoms with Crippen LogP contribution in [0.1, 0.15) is 22.6 Å². The quantitative estimate of drug-likeness (QED) is 0.195. The Balaban J connectivity index is 1.16. The fourth-order valence-corrected chi connectivity index (χ4v) is 7.65. The Hall–Kier alpha value is -6.39. The minimum absolute atomic E-state index is 0.102. The summed E-state index contributed by atoms with van der Waals surface area (Å²) in [4.78, 5) is 14.8. The SMILES string of the molecule is c1ccc(-c2nc(-c3ccccc3)nc(-c3ccc(C4Cc5ccccc5-c5c4c4oc6ccccc6c4c4ccccc54)cc3)n2)cc1. The number of fused-ring (bicyclic) bond motifs is 10. The zero-order chi connectivity index (χ0) is 32.3. The number of rotatable bonds is 4. The summed E-state index contributed by atoms with van der Waals surface area (Å²) in [6, 6.07) is 55.1. The number of hydrogen-bond acceptors (Lipinski definition) is 4. The second-order valence-corrected chi connectivity index (χ2v) is 12.7. The summed E-state index contributed by atoms with van der Waals surface area (Å²) < 4.78 is 6.80. The summed E-state index contributed by atoms with van der Waals surface area (Å²) in [5.74, 6) is 2.07. The normalized spacial score (nSPS) is 13.8. The molecule has 0 bridgehead atoms. The Morgan fingerprint density at radius 1 is 0.469 bits per heavy atom. The van der Waals surface area contributed by atoms with E-state index >= 15 is 0 Å². The molecule has 230 valence electrons. The van der Waals surface area contributed by atoms with E-state index in [9.17, 15) is 0 Å². The molecule has 1 aliphatic carbocycles. The molecule has 0 aliphatic heterocycles. The van der Waals surface area contributed by atoms with Crippen LogP contribution in [0.15, 0.2) is 162 Å². The van der Waals surface area contributed by atoms with Crippen molar-refractivity contribution in [3.63, 3.8) is 0 Å². The van der Waals surface area contributed by atoms with Gasteiger partial charge in [-0.05, 0) is 45.5 Å². The first kappa shape index (κ1) is 27.7. The standard InChI is InChI=1S/C45H29N3O/c1-3-13-29(14-4-1)43-46-44(30-15-5-2-6-16-30)48-45(47-43)31-25-23-28(24-26-31)37-27-32-17-7-8-18-33(32)39-34-19-9-10-20-35(34)40-36-21-11-12-22-38(36)49-42(40)41(37)39/h1-26,37H,27H2. The maximum Gasteiger partial charge on any atom is 0.164 e. The van der Waals surface area contributed by atoms with E-state index in [0.29, 0.717) is 17.5 Å². The van der Waals surface area contributed by atoms with Crippen molar-refractivity contribution >= 4 is 32.7 Å². The van der Waals surface area contributed by atoms with Crippen LogP contribution in [0.4, 0.5) is 0 Å². The third-order valence-electron chi connectivity index (χ3n) is 9.91. The van der Waals surface area contributed by atoms with Crippen LogP contribution in [-0.4, -0.2) is 15.0 Å². The molecule has 1 aliphatic rings. The summed E-state index contributed by atoms with van der Waals surface area (Å²) in [6.45, 7) is 0. The van der Waals surface area contributed by atoms with Gasteiger partial charge in [-0.25, -0.2) is 15.0 Å². The van der Waals surface area contributed by atoms with Crippen molar-refractivity contribution in [3.05, 3.63) is 174 Å². The molecule has 49 heavy (non-hydrogen) atoms. The Kier molecular flexibility index (Phi) is 6.28. The zero-order valence-electron chi connectivity index (χ0n) is 26.5. The van der Waals surface area contributed by atoms with Gasteiger partial charge >= 0.3 is 0 Å². The highest BCUT2D eigenvalue weighted by molar-refractivity contribution is 6.24. The molecule has 0 radical (unpaired) electrons. The molecule has 1 atom stereocenters. The van der Waals surface area contributed by atoms with E-state index in [1.807, 2.05) is 60.7 Å². The molecule has 2 aromatic heterocycles. The summed E-state index contributed by atoms with van der Waals surface area (Å²) in [5, 5.41) is 4.84. The first-order valence-corrected chi connectivity index (χ1v) is 16.7. The smallest absolute Gasteiger partial charge is 0.164 e. The van der Waals surface area contributed by atoms with Crippen LogP contribution in [0.2, 0.25) is 0 Å². The van der Waals surface area contributed by atoms with E-state index in [1.165, 1.54) is 44.0 Å². The number of furan rings is 1. The van der Waals surface area contributed by atoms with Crippen molar-refractivity contribution in [3.8, 4) is 45.3 Å². The summed E-state index contributed by atoms with van der Waals surface area (Å²) in [7, 11) is 0. The first-order chi connectivity index (χ1) is 24.3. The molecular formula is C45H29N3O. The third kappa shape index (κ3) is 4.49. The molecule has 0 saturated heterocycles. The number of para-hydroxylation sites is 1. The summed E-state index contributed by atoms with van der Waals surface area (Å²) >= 11 is 0. The molecule has 0 N–H and O–H groups in total. The van der Waals surface area contributed by atoms with Gasteiger partial charge in [-0.15, -0.1) is 0 Å². The van der Waals surface area contributed by atoms with Crippen molar-refractivity contribution in [2.75, 3.05) is 0 Å². The number of benzene rings is 7. The van der Waals surface area contributed by atoms with E-state index in [-0.39, 0.29) is 5.92 Å². The van der Waals surface area contributed by atoms with Crippen molar-refractivity contribution in [1.82, 2.24) is 15.0 Å². The summed E-state index contributed by atoms with van der Waals surface area (Å²) in [6.07, 6.45) is 0.884. The van der Waals surface area contributed by atoms with Gasteiger partial charge in [0.05, 0.1) is 0 Å². The highest BCUT2D eigenvalue weighted by atomic mass is 16.3. The van der Waals surface area contributed by atoms with Crippen LogP contribution >= 0.6 is 0 Å². The predicted molar refractivity (Wildman–Crippen MR) is 198 cm³/mol. The second kappa shape index (κ2) is 11.1. The van der Waals surface area contributed by atoms with E-state index in [0.717, 1.165) is 39.7 Å². The number of hydrogen-bond donors (Lipinski definition) is 0. The van der Waals surface area contributed by atoms with Gasteiger partial charge in [0.25, 0.3) is 0 Å². The van der Waals surface area contributed by atoms with Crippen LogP contribution in [0.5, 0.6) is 0 Å². The van der Waals surface area contributed by atoms with Gasteiger partial charge in [0.1, 0.15) is 11.2 Å². The van der Waals surface area contributed by atoms with Gasteiger partial charge in [-0.2, -0.15) is 0 Å². The highest BCUT2D eigenvalue weighted by Crippen LogP contribution is 2.51. The fourth-order valence-electron chi connectivity index (χ4n) is 7.65. The van der Waals surface area contributed by atoms with Crippen LogP contribution in [0.3, 0.4) is 0 Å². The lowest BCUT2D eigenvalue weighted by molar-refractivity contribution is 0.654. The Bertz CT molecular complexity index is 2620. The topological polar surface area (TPSA) is 51.8 Å². The van der Waals surface area contributed by atoms with Crippen LogP contribution < -0.4 is 0 Å². The van der Waals surface area contributed by atoms with E-state index in [1.54, 1.807) is 0 Å². The average molecular weight is 628 g/mol. The van der Waals surface area contributed by atoms with E-state index in [2.05, 4.69) is 97.1 Å². The van der Waals surface area contributed by atoms with Crippen molar-refractivity contribution in [2.45, 2.75) is 12.3 Å². The largest absolute Gasteiger partial charge is 0.456 e. The number of nitrogens with zero attached hydrogens (tertiary/aromatic N) is 3. The molecule has 10 rings (SSSR count). The predicted octanol–water partition coefficient (Wildman–Crippen LogP) is 11.3. The Labute approximate surface area is 283 Å². The minimum atomic E-state index is 0.102. The van der Waals surface area contributed by atoms with Gasteiger partial charge in [0.2, 0.25) is 0 Å². The Morgan fingerprint density at radius 3 is 1.67 bits per heavy atom. The van der Waals surface area contributed by atoms with Crippen molar-refractivity contribution in [1.29, 1.82) is 0 Å². The third-order valence-corrected chi connectivity index (χ3v) is 9.91. The molecule has 0 spiro atoms. The molecule has 9 aromatic rings. The summed E-state index contributed by atoms with van der Waals surface area (Å²) in [5.41, 5.74) is 11.2. The van der Waals surface area contributed by atoms with Crippen molar-refractivity contribution < 1.29 is 4.42 Å². The van der Waals surface area contributed by atoms with Gasteiger partial charge < -0.3 is 4.42 Å². The number of aromatic nitrogens is 3. The monoisotopic (exact) mass is 627 g/mol. The lowest BCUT2D eigenvalue weighted by atomic mass is 9.73. The fraction of sp³-hybridized carbons (Fsp3) is 0.0444. The highest BCUT2D eigenvalue weighted by Gasteiger charge is 2.32. The van der Waals surface area contributed by atoms with Gasteiger partial charge in [-0.1, -0.05) is 152 Å². The second-order valence-electron chi connectivity index (χ2n) is 12.7. The van der Waals surface area contributed by atoms with Crippen molar-refractivity contribution in [2.24, 2.45) is 0 Å². The molecule has 0 amide bonds.